The quantitative estimate of drug-likeness (QED) is 0.887. The molecular formula is C17H20BrN3O2. The van der Waals surface area contributed by atoms with Crippen LogP contribution in [0.4, 0.5) is 5.69 Å². The van der Waals surface area contributed by atoms with E-state index in [0.29, 0.717) is 6.04 Å². The molecule has 1 N–H and O–H groups in total. The number of pyridine rings is 1. The molecule has 0 radical (unpaired) electrons. The Bertz CT molecular complexity index is 714. The SMILES string of the molecule is CN(CC(=O)O)C1CCN(c2ccnc3ccc(Br)cc23)CC1. The van der Waals surface area contributed by atoms with Gasteiger partial charge in [-0.15, -0.1) is 0 Å². The van der Waals surface area contributed by atoms with Crippen molar-refractivity contribution in [3.8, 4) is 0 Å². The van der Waals surface area contributed by atoms with Gasteiger partial charge >= 0.3 is 5.97 Å². The minimum absolute atomic E-state index is 0.107. The van der Waals surface area contributed by atoms with Crippen molar-refractivity contribution >= 4 is 38.5 Å². The number of piperidine rings is 1. The number of carboxylic acid groups (broad SMARTS) is 1. The molecule has 0 atom stereocenters. The number of aromatic nitrogens is 1. The van der Waals surface area contributed by atoms with Gasteiger partial charge in [0.05, 0.1) is 12.1 Å². The van der Waals surface area contributed by atoms with E-state index in [4.69, 9.17) is 5.11 Å². The summed E-state index contributed by atoms with van der Waals surface area (Å²) in [6.45, 7) is 1.97. The lowest BCUT2D eigenvalue weighted by Crippen LogP contribution is -2.45. The zero-order chi connectivity index (χ0) is 16.4. The van der Waals surface area contributed by atoms with Gasteiger partial charge in [0.2, 0.25) is 0 Å². The van der Waals surface area contributed by atoms with Crippen molar-refractivity contribution in [1.29, 1.82) is 0 Å². The van der Waals surface area contributed by atoms with Gasteiger partial charge in [0.15, 0.2) is 0 Å². The van der Waals surface area contributed by atoms with Crippen LogP contribution in [0.1, 0.15) is 12.8 Å². The normalized spacial score (nSPS) is 16.2. The van der Waals surface area contributed by atoms with Crippen molar-refractivity contribution in [3.63, 3.8) is 0 Å². The molecule has 5 nitrogen and oxygen atoms in total. The van der Waals surface area contributed by atoms with Crippen LogP contribution in [-0.4, -0.2) is 53.7 Å². The first kappa shape index (κ1) is 16.2. The molecule has 0 amide bonds. The number of fused-ring (bicyclic) bond motifs is 1. The number of likely N-dealkylation sites (N-methyl/N-ethyl adjacent to an activating group) is 1. The van der Waals surface area contributed by atoms with E-state index in [1.807, 2.05) is 30.3 Å². The predicted molar refractivity (Wildman–Crippen MR) is 94.9 cm³/mol. The predicted octanol–water partition coefficient (Wildman–Crippen LogP) is 2.98. The number of aliphatic carboxylic acids is 1. The highest BCUT2D eigenvalue weighted by Crippen LogP contribution is 2.30. The Kier molecular flexibility index (Phi) is 4.82. The third-order valence-electron chi connectivity index (χ3n) is 4.49. The van der Waals surface area contributed by atoms with Gasteiger partial charge in [-0.2, -0.15) is 0 Å². The van der Waals surface area contributed by atoms with Crippen LogP contribution in [0.25, 0.3) is 10.9 Å². The van der Waals surface area contributed by atoms with Crippen molar-refractivity contribution in [1.82, 2.24) is 9.88 Å². The smallest absolute Gasteiger partial charge is 0.317 e. The summed E-state index contributed by atoms with van der Waals surface area (Å²) < 4.78 is 1.05. The van der Waals surface area contributed by atoms with Crippen molar-refractivity contribution in [2.45, 2.75) is 18.9 Å². The number of anilines is 1. The number of benzene rings is 1. The molecular weight excluding hydrogens is 358 g/mol. The molecule has 23 heavy (non-hydrogen) atoms. The molecule has 0 aliphatic carbocycles. The zero-order valence-electron chi connectivity index (χ0n) is 13.1. The summed E-state index contributed by atoms with van der Waals surface area (Å²) in [5, 5.41) is 10.1. The first-order valence-electron chi connectivity index (χ1n) is 7.76. The largest absolute Gasteiger partial charge is 0.480 e. The summed E-state index contributed by atoms with van der Waals surface area (Å²) in [5.41, 5.74) is 2.20. The highest BCUT2D eigenvalue weighted by atomic mass is 79.9. The molecule has 2 aromatic rings. The van der Waals surface area contributed by atoms with Crippen LogP contribution in [0, 0.1) is 0 Å². The van der Waals surface area contributed by atoms with Gasteiger partial charge < -0.3 is 10.0 Å². The summed E-state index contributed by atoms with van der Waals surface area (Å²) in [5.74, 6) is -0.764. The fraction of sp³-hybridized carbons (Fsp3) is 0.412. The lowest BCUT2D eigenvalue weighted by Gasteiger charge is -2.37. The van der Waals surface area contributed by atoms with E-state index in [9.17, 15) is 4.79 Å². The van der Waals surface area contributed by atoms with Crippen molar-refractivity contribution < 1.29 is 9.90 Å². The van der Waals surface area contributed by atoms with E-state index in [1.54, 1.807) is 0 Å². The summed E-state index contributed by atoms with van der Waals surface area (Å²) in [6.07, 6.45) is 3.80. The average molecular weight is 378 g/mol. The maximum absolute atomic E-state index is 10.9. The topological polar surface area (TPSA) is 56.7 Å². The second-order valence-corrected chi connectivity index (χ2v) is 6.93. The Morgan fingerprint density at radius 2 is 2.13 bits per heavy atom. The van der Waals surface area contributed by atoms with Crippen molar-refractivity contribution in [2.24, 2.45) is 0 Å². The van der Waals surface area contributed by atoms with Crippen molar-refractivity contribution in [2.75, 3.05) is 31.6 Å². The van der Waals surface area contributed by atoms with E-state index in [0.717, 1.165) is 41.3 Å². The Balaban J connectivity index is 1.75. The van der Waals surface area contributed by atoms with Crippen LogP contribution in [0.5, 0.6) is 0 Å². The molecule has 0 unspecified atom stereocenters. The Morgan fingerprint density at radius 1 is 1.39 bits per heavy atom. The number of carboxylic acids is 1. The van der Waals surface area contributed by atoms with E-state index >= 15 is 0 Å². The van der Waals surface area contributed by atoms with Crippen LogP contribution in [0.3, 0.4) is 0 Å². The van der Waals surface area contributed by atoms with Gasteiger partial charge in [0.1, 0.15) is 0 Å². The van der Waals surface area contributed by atoms with Gasteiger partial charge in [-0.05, 0) is 44.2 Å². The molecule has 0 saturated carbocycles. The minimum Gasteiger partial charge on any atom is -0.480 e. The molecule has 0 bridgehead atoms. The molecule has 1 aliphatic heterocycles. The maximum atomic E-state index is 10.9. The average Bonchev–Trinajstić information content (AvgIpc) is 2.54. The molecule has 3 rings (SSSR count). The van der Waals surface area contributed by atoms with Crippen LogP contribution >= 0.6 is 15.9 Å². The van der Waals surface area contributed by atoms with Gasteiger partial charge in [-0.25, -0.2) is 0 Å². The van der Waals surface area contributed by atoms with E-state index in [-0.39, 0.29) is 6.54 Å². The molecule has 6 heteroatoms. The second-order valence-electron chi connectivity index (χ2n) is 6.02. The van der Waals surface area contributed by atoms with Gasteiger partial charge in [-0.1, -0.05) is 15.9 Å². The first-order valence-corrected chi connectivity index (χ1v) is 8.55. The minimum atomic E-state index is -0.764. The van der Waals surface area contributed by atoms with E-state index in [1.165, 1.54) is 5.69 Å². The molecule has 0 spiro atoms. The van der Waals surface area contributed by atoms with Crippen molar-refractivity contribution in [3.05, 3.63) is 34.9 Å². The Labute approximate surface area is 144 Å². The van der Waals surface area contributed by atoms with E-state index < -0.39 is 5.97 Å². The third-order valence-corrected chi connectivity index (χ3v) is 4.99. The highest BCUT2D eigenvalue weighted by molar-refractivity contribution is 9.10. The Hall–Kier alpha value is -1.66. The number of rotatable bonds is 4. The molecule has 1 aliphatic rings. The molecule has 122 valence electrons. The number of halogens is 1. The van der Waals surface area contributed by atoms with E-state index in [2.05, 4.69) is 37.9 Å². The summed E-state index contributed by atoms with van der Waals surface area (Å²) in [4.78, 5) is 19.6. The first-order chi connectivity index (χ1) is 11.0. The second kappa shape index (κ2) is 6.84. The lowest BCUT2D eigenvalue weighted by atomic mass is 10.0. The van der Waals surface area contributed by atoms with Crippen LogP contribution in [0.15, 0.2) is 34.9 Å². The van der Waals surface area contributed by atoms with Crippen LogP contribution in [0.2, 0.25) is 0 Å². The summed E-state index contributed by atoms with van der Waals surface area (Å²) in [6, 6.07) is 8.54. The number of hydrogen-bond donors (Lipinski definition) is 1. The lowest BCUT2D eigenvalue weighted by molar-refractivity contribution is -0.138. The standard InChI is InChI=1S/C17H20BrN3O2/c1-20(11-17(22)23)13-5-8-21(9-6-13)16-4-7-19-15-3-2-12(18)10-14(15)16/h2-4,7,10,13H,5-6,8-9,11H2,1H3,(H,22,23). The maximum Gasteiger partial charge on any atom is 0.317 e. The fourth-order valence-electron chi connectivity index (χ4n) is 3.27. The highest BCUT2D eigenvalue weighted by Gasteiger charge is 2.24. The molecule has 2 heterocycles. The molecule has 1 fully saturated rings. The molecule has 1 saturated heterocycles. The monoisotopic (exact) mass is 377 g/mol. The van der Waals surface area contributed by atoms with Crippen LogP contribution < -0.4 is 4.90 Å². The fourth-order valence-corrected chi connectivity index (χ4v) is 3.63. The summed E-state index contributed by atoms with van der Waals surface area (Å²) >= 11 is 3.53. The number of hydrogen-bond acceptors (Lipinski definition) is 4. The van der Waals surface area contributed by atoms with Crippen LogP contribution in [-0.2, 0) is 4.79 Å². The number of carbonyl (C=O) groups is 1. The third kappa shape index (κ3) is 3.64. The molecule has 1 aromatic carbocycles. The zero-order valence-corrected chi connectivity index (χ0v) is 14.7. The van der Waals surface area contributed by atoms with Gasteiger partial charge in [0.25, 0.3) is 0 Å². The molecule has 1 aromatic heterocycles. The summed E-state index contributed by atoms with van der Waals surface area (Å²) in [7, 11) is 1.90. The number of nitrogens with zero attached hydrogens (tertiary/aromatic N) is 3. The van der Waals surface area contributed by atoms with Gasteiger partial charge in [-0.3, -0.25) is 14.7 Å². The van der Waals surface area contributed by atoms with Gasteiger partial charge in [0, 0.05) is 40.9 Å². The Morgan fingerprint density at radius 3 is 2.83 bits per heavy atom.